The van der Waals surface area contributed by atoms with Crippen molar-refractivity contribution in [2.45, 2.75) is 39.8 Å². The fourth-order valence-corrected chi connectivity index (χ4v) is 3.21. The van der Waals surface area contributed by atoms with Crippen LogP contribution < -0.4 is 11.0 Å². The molecule has 0 fully saturated rings. The lowest BCUT2D eigenvalue weighted by Crippen LogP contribution is -2.36. The molecule has 6 nitrogen and oxygen atoms in total. The third-order valence-electron chi connectivity index (χ3n) is 4.78. The topological polar surface area (TPSA) is 79.8 Å². The summed E-state index contributed by atoms with van der Waals surface area (Å²) in [7, 11) is 0. The van der Waals surface area contributed by atoms with Gasteiger partial charge < -0.3 is 5.32 Å². The van der Waals surface area contributed by atoms with Crippen molar-refractivity contribution in [1.82, 2.24) is 20.1 Å². The van der Waals surface area contributed by atoms with Crippen LogP contribution in [0.2, 0.25) is 0 Å². The first-order chi connectivity index (χ1) is 14.4. The smallest absolute Gasteiger partial charge is 0.352 e. The second-order valence-corrected chi connectivity index (χ2v) is 8.75. The zero-order valence-electron chi connectivity index (χ0n) is 17.2. The normalized spacial score (nSPS) is 15.1. The van der Waals surface area contributed by atoms with E-state index in [1.165, 1.54) is 12.1 Å². The molecule has 1 amide bonds. The van der Waals surface area contributed by atoms with Crippen molar-refractivity contribution in [2.75, 3.05) is 6.54 Å². The summed E-state index contributed by atoms with van der Waals surface area (Å²) >= 11 is 6.35. The van der Waals surface area contributed by atoms with Gasteiger partial charge in [0.1, 0.15) is 0 Å². The van der Waals surface area contributed by atoms with Crippen LogP contribution in [0.1, 0.15) is 45.0 Å². The van der Waals surface area contributed by atoms with Gasteiger partial charge in [-0.1, -0.05) is 32.4 Å². The molecule has 2 aromatic rings. The van der Waals surface area contributed by atoms with Gasteiger partial charge in [-0.3, -0.25) is 9.78 Å². The number of carbonyl (C=O) groups is 1. The van der Waals surface area contributed by atoms with Crippen molar-refractivity contribution in [3.8, 4) is 5.69 Å². The van der Waals surface area contributed by atoms with E-state index >= 15 is 0 Å². The molecule has 1 aromatic heterocycles. The van der Waals surface area contributed by atoms with Gasteiger partial charge in [0.25, 0.3) is 0 Å². The van der Waals surface area contributed by atoms with Crippen LogP contribution in [0.3, 0.4) is 0 Å². The zero-order chi connectivity index (χ0) is 23.0. The number of H-pyrrole nitrogens is 1. The van der Waals surface area contributed by atoms with Gasteiger partial charge in [0.2, 0.25) is 5.91 Å². The number of rotatable bonds is 4. The van der Waals surface area contributed by atoms with Gasteiger partial charge in [0.15, 0.2) is 5.82 Å². The molecule has 31 heavy (non-hydrogen) atoms. The van der Waals surface area contributed by atoms with E-state index in [1.807, 2.05) is 20.8 Å². The summed E-state index contributed by atoms with van der Waals surface area (Å²) < 4.78 is 39.3. The third-order valence-corrected chi connectivity index (χ3v) is 5.17. The van der Waals surface area contributed by atoms with Gasteiger partial charge >= 0.3 is 11.9 Å². The lowest BCUT2D eigenvalue weighted by molar-refractivity contribution is -0.137. The number of halogens is 4. The SMILES string of the molecule is CC(C)(C)C(=O)NCC1=CC(c2nn(-c3ccc(C(F)(F)F)cc3)c(=O)[nH]2)=C(Cl)CC1. The highest BCUT2D eigenvalue weighted by atomic mass is 35.5. The number of aromatic amines is 1. The average molecular weight is 455 g/mol. The second kappa shape index (κ2) is 8.37. The minimum absolute atomic E-state index is 0.0874. The number of hydrogen-bond donors (Lipinski definition) is 2. The maximum atomic E-state index is 12.8. The molecule has 1 aliphatic carbocycles. The minimum atomic E-state index is -4.47. The maximum absolute atomic E-state index is 12.8. The highest BCUT2D eigenvalue weighted by Crippen LogP contribution is 2.32. The number of hydrogen-bond acceptors (Lipinski definition) is 3. The Hall–Kier alpha value is -2.81. The highest BCUT2D eigenvalue weighted by molar-refractivity contribution is 6.33. The van der Waals surface area contributed by atoms with E-state index in [1.54, 1.807) is 6.08 Å². The summed E-state index contributed by atoms with van der Waals surface area (Å²) in [5.41, 5.74) is -0.319. The molecule has 0 saturated heterocycles. The molecule has 10 heteroatoms. The van der Waals surface area contributed by atoms with E-state index in [2.05, 4.69) is 15.4 Å². The van der Waals surface area contributed by atoms with Gasteiger partial charge in [0, 0.05) is 22.6 Å². The highest BCUT2D eigenvalue weighted by Gasteiger charge is 2.30. The molecule has 0 atom stereocenters. The van der Waals surface area contributed by atoms with Crippen LogP contribution in [0.4, 0.5) is 13.2 Å². The van der Waals surface area contributed by atoms with E-state index in [0.29, 0.717) is 30.0 Å². The Labute approximate surface area is 181 Å². The fraction of sp³-hybridized carbons (Fsp3) is 0.381. The summed E-state index contributed by atoms with van der Waals surface area (Å²) in [6.07, 6.45) is -1.53. The van der Waals surface area contributed by atoms with Crippen molar-refractivity contribution < 1.29 is 18.0 Å². The van der Waals surface area contributed by atoms with E-state index in [9.17, 15) is 22.8 Å². The third kappa shape index (κ3) is 5.28. The number of nitrogens with zero attached hydrogens (tertiary/aromatic N) is 2. The van der Waals surface area contributed by atoms with Crippen LogP contribution in [0, 0.1) is 5.41 Å². The van der Waals surface area contributed by atoms with Crippen LogP contribution in [0.25, 0.3) is 11.3 Å². The molecule has 166 valence electrons. The molecule has 3 rings (SSSR count). The van der Waals surface area contributed by atoms with Gasteiger partial charge in [-0.2, -0.15) is 17.9 Å². The first kappa shape index (κ1) is 22.9. The Bertz CT molecular complexity index is 1100. The van der Waals surface area contributed by atoms with Crippen molar-refractivity contribution >= 4 is 23.1 Å². The fourth-order valence-electron chi connectivity index (χ4n) is 2.97. The molecule has 1 aromatic carbocycles. The lowest BCUT2D eigenvalue weighted by atomic mass is 9.94. The summed E-state index contributed by atoms with van der Waals surface area (Å²) in [6.45, 7) is 5.79. The first-order valence-corrected chi connectivity index (χ1v) is 9.98. The number of alkyl halides is 3. The van der Waals surface area contributed by atoms with Crippen molar-refractivity contribution in [1.29, 1.82) is 0 Å². The molecule has 0 saturated carbocycles. The maximum Gasteiger partial charge on any atom is 0.416 e. The second-order valence-electron chi connectivity index (χ2n) is 8.29. The Morgan fingerprint density at radius 3 is 2.42 bits per heavy atom. The molecule has 2 N–H and O–H groups in total. The molecule has 0 aliphatic heterocycles. The standard InChI is InChI=1S/C21H22ClF3N4O2/c1-20(2,3)18(30)26-11-12-4-9-16(22)15(10-12)17-27-19(31)29(28-17)14-7-5-13(6-8-14)21(23,24)25/h5-8,10H,4,9,11H2,1-3H3,(H,26,30)(H,27,28,31). The Morgan fingerprint density at radius 2 is 1.84 bits per heavy atom. The average Bonchev–Trinajstić information content (AvgIpc) is 3.07. The van der Waals surface area contributed by atoms with Gasteiger partial charge in [-0.25, -0.2) is 4.79 Å². The molecular formula is C21H22ClF3N4O2. The van der Waals surface area contributed by atoms with E-state index in [0.717, 1.165) is 22.4 Å². The van der Waals surface area contributed by atoms with Crippen molar-refractivity contribution in [3.63, 3.8) is 0 Å². The first-order valence-electron chi connectivity index (χ1n) is 9.60. The summed E-state index contributed by atoms with van der Waals surface area (Å²) in [6, 6.07) is 4.13. The zero-order valence-corrected chi connectivity index (χ0v) is 18.0. The minimum Gasteiger partial charge on any atom is -0.352 e. The molecular weight excluding hydrogens is 433 g/mol. The summed E-state index contributed by atoms with van der Waals surface area (Å²) in [5.74, 6) is 0.116. The Kier molecular flexibility index (Phi) is 6.18. The molecule has 0 radical (unpaired) electrons. The number of carbonyl (C=O) groups excluding carboxylic acids is 1. The number of allylic oxidation sites excluding steroid dienone is 3. The Morgan fingerprint density at radius 1 is 1.19 bits per heavy atom. The van der Waals surface area contributed by atoms with Gasteiger partial charge in [0.05, 0.1) is 11.3 Å². The number of benzene rings is 1. The predicted octanol–water partition coefficient (Wildman–Crippen LogP) is 4.41. The lowest BCUT2D eigenvalue weighted by Gasteiger charge is -2.20. The van der Waals surface area contributed by atoms with Crippen LogP contribution in [-0.4, -0.2) is 27.2 Å². The van der Waals surface area contributed by atoms with E-state index in [4.69, 9.17) is 11.6 Å². The molecule has 0 bridgehead atoms. The van der Waals surface area contributed by atoms with E-state index < -0.39 is 22.8 Å². The Balaban J connectivity index is 1.85. The molecule has 0 unspecified atom stereocenters. The van der Waals surface area contributed by atoms with Gasteiger partial charge in [-0.05, 0) is 48.8 Å². The monoisotopic (exact) mass is 454 g/mol. The van der Waals surface area contributed by atoms with Crippen molar-refractivity contribution in [3.05, 3.63) is 62.8 Å². The number of amides is 1. The quantitative estimate of drug-likeness (QED) is 0.718. The van der Waals surface area contributed by atoms with Crippen LogP contribution in [0.5, 0.6) is 0 Å². The van der Waals surface area contributed by atoms with E-state index in [-0.39, 0.29) is 17.4 Å². The predicted molar refractivity (Wildman–Crippen MR) is 112 cm³/mol. The van der Waals surface area contributed by atoms with Crippen LogP contribution in [0.15, 0.2) is 45.7 Å². The van der Waals surface area contributed by atoms with Gasteiger partial charge in [-0.15, -0.1) is 5.10 Å². The largest absolute Gasteiger partial charge is 0.416 e. The number of aromatic nitrogens is 3. The van der Waals surface area contributed by atoms with Crippen molar-refractivity contribution in [2.24, 2.45) is 5.41 Å². The van der Waals surface area contributed by atoms with Crippen LogP contribution in [-0.2, 0) is 11.0 Å². The summed E-state index contributed by atoms with van der Waals surface area (Å²) in [5, 5.41) is 7.58. The summed E-state index contributed by atoms with van der Waals surface area (Å²) in [4.78, 5) is 27.1. The molecule has 1 aliphatic rings. The number of nitrogens with one attached hydrogen (secondary N) is 2. The molecule has 1 heterocycles. The molecule has 0 spiro atoms. The van der Waals surface area contributed by atoms with Crippen LogP contribution >= 0.6 is 11.6 Å².